The molecule has 2 nitrogen and oxygen atoms in total. The van der Waals surface area contributed by atoms with E-state index in [4.69, 9.17) is 5.26 Å². The van der Waals surface area contributed by atoms with Crippen LogP contribution in [0.5, 0.6) is 0 Å². The van der Waals surface area contributed by atoms with Gasteiger partial charge in [0.1, 0.15) is 5.70 Å². The highest BCUT2D eigenvalue weighted by molar-refractivity contribution is 5.58. The maximum Gasteiger partial charge on any atom is 0.430 e. The van der Waals surface area contributed by atoms with Gasteiger partial charge in [0.05, 0.1) is 11.6 Å². The van der Waals surface area contributed by atoms with Crippen molar-refractivity contribution >= 4 is 5.69 Å². The van der Waals surface area contributed by atoms with E-state index >= 15 is 0 Å². The van der Waals surface area contributed by atoms with E-state index in [-0.39, 0.29) is 5.69 Å². The Hall–Kier alpha value is -1.96. The maximum absolute atomic E-state index is 12.2. The summed E-state index contributed by atoms with van der Waals surface area (Å²) >= 11 is 0. The predicted octanol–water partition coefficient (Wildman–Crippen LogP) is 3.35. The molecule has 1 aromatic rings. The molecule has 5 heteroatoms. The van der Waals surface area contributed by atoms with Gasteiger partial charge in [0.15, 0.2) is 0 Å². The van der Waals surface area contributed by atoms with E-state index in [1.54, 1.807) is 13.0 Å². The van der Waals surface area contributed by atoms with Crippen LogP contribution in [0.2, 0.25) is 0 Å². The van der Waals surface area contributed by atoms with Gasteiger partial charge in [-0.3, -0.25) is 0 Å². The minimum Gasteiger partial charge on any atom is -0.352 e. The van der Waals surface area contributed by atoms with Gasteiger partial charge >= 0.3 is 6.18 Å². The van der Waals surface area contributed by atoms with Crippen molar-refractivity contribution in [2.45, 2.75) is 13.1 Å². The first kappa shape index (κ1) is 12.1. The number of hydrogen-bond donors (Lipinski definition) is 1. The fourth-order valence-corrected chi connectivity index (χ4v) is 1.06. The minimum absolute atomic E-state index is 0.237. The molecule has 0 aliphatic rings. The smallest absolute Gasteiger partial charge is 0.352 e. The summed E-state index contributed by atoms with van der Waals surface area (Å²) in [6.45, 7) is 4.54. The Labute approximate surface area is 91.0 Å². The van der Waals surface area contributed by atoms with Gasteiger partial charge in [-0.25, -0.2) is 0 Å². The number of nitriles is 1. The second-order valence-electron chi connectivity index (χ2n) is 3.24. The Morgan fingerprint density at radius 3 is 2.56 bits per heavy atom. The molecule has 0 fully saturated rings. The molecular weight excluding hydrogens is 217 g/mol. The number of alkyl halides is 3. The highest BCUT2D eigenvalue weighted by atomic mass is 19.4. The van der Waals surface area contributed by atoms with Crippen LogP contribution in [0.3, 0.4) is 0 Å². The molecule has 0 radical (unpaired) electrons. The van der Waals surface area contributed by atoms with Gasteiger partial charge in [-0.1, -0.05) is 12.6 Å². The van der Waals surface area contributed by atoms with Gasteiger partial charge in [0.2, 0.25) is 0 Å². The molecule has 84 valence electrons. The lowest BCUT2D eigenvalue weighted by molar-refractivity contribution is -0.0898. The Morgan fingerprint density at radius 1 is 1.44 bits per heavy atom. The zero-order chi connectivity index (χ0) is 12.3. The normalized spacial score (nSPS) is 10.7. The lowest BCUT2D eigenvalue weighted by Gasteiger charge is -2.14. The molecule has 0 spiro atoms. The third-order valence-corrected chi connectivity index (χ3v) is 1.99. The van der Waals surface area contributed by atoms with Crippen LogP contribution in [0.25, 0.3) is 0 Å². The van der Waals surface area contributed by atoms with E-state index in [0.717, 1.165) is 0 Å². The van der Waals surface area contributed by atoms with E-state index in [0.29, 0.717) is 11.1 Å². The lowest BCUT2D eigenvalue weighted by Crippen LogP contribution is -2.18. The zero-order valence-corrected chi connectivity index (χ0v) is 8.52. The van der Waals surface area contributed by atoms with Crippen molar-refractivity contribution < 1.29 is 13.2 Å². The quantitative estimate of drug-likeness (QED) is 0.839. The van der Waals surface area contributed by atoms with Crippen molar-refractivity contribution in [3.8, 4) is 6.07 Å². The zero-order valence-electron chi connectivity index (χ0n) is 8.52. The summed E-state index contributed by atoms with van der Waals surface area (Å²) in [6, 6.07) is 6.32. The minimum atomic E-state index is -4.49. The molecule has 1 N–H and O–H groups in total. The molecular formula is C11H9F3N2. The van der Waals surface area contributed by atoms with E-state index in [2.05, 4.69) is 11.9 Å². The van der Waals surface area contributed by atoms with Crippen molar-refractivity contribution in [2.24, 2.45) is 0 Å². The Kier molecular flexibility index (Phi) is 3.23. The number of nitrogens with zero attached hydrogens (tertiary/aromatic N) is 1. The van der Waals surface area contributed by atoms with Crippen LogP contribution in [0.4, 0.5) is 18.9 Å². The summed E-state index contributed by atoms with van der Waals surface area (Å²) in [6.07, 6.45) is -4.49. The first-order valence-electron chi connectivity index (χ1n) is 4.38. The molecule has 0 atom stereocenters. The van der Waals surface area contributed by atoms with Crippen molar-refractivity contribution in [1.29, 1.82) is 5.26 Å². The number of rotatable bonds is 2. The number of nitrogens with one attached hydrogen (secondary N) is 1. The molecule has 0 saturated heterocycles. The first-order valence-corrected chi connectivity index (χ1v) is 4.38. The van der Waals surface area contributed by atoms with Crippen LogP contribution >= 0.6 is 0 Å². The molecule has 1 rings (SSSR count). The number of allylic oxidation sites excluding steroid dienone is 1. The number of hydrogen-bond acceptors (Lipinski definition) is 2. The summed E-state index contributed by atoms with van der Waals surface area (Å²) < 4.78 is 36.7. The average Bonchev–Trinajstić information content (AvgIpc) is 2.19. The Bertz CT molecular complexity index is 455. The number of anilines is 1. The van der Waals surface area contributed by atoms with Crippen molar-refractivity contribution in [3.63, 3.8) is 0 Å². The third kappa shape index (κ3) is 2.76. The number of benzene rings is 1. The molecule has 0 aliphatic carbocycles. The summed E-state index contributed by atoms with van der Waals surface area (Å²) in [7, 11) is 0. The molecule has 0 aliphatic heterocycles. The number of aryl methyl sites for hydroxylation is 1. The topological polar surface area (TPSA) is 35.8 Å². The van der Waals surface area contributed by atoms with Crippen LogP contribution in [0.15, 0.2) is 30.5 Å². The maximum atomic E-state index is 12.2. The van der Waals surface area contributed by atoms with Gasteiger partial charge in [0, 0.05) is 5.69 Å². The van der Waals surface area contributed by atoms with Gasteiger partial charge in [-0.05, 0) is 24.6 Å². The van der Waals surface area contributed by atoms with E-state index < -0.39 is 11.9 Å². The lowest BCUT2D eigenvalue weighted by atomic mass is 10.1. The van der Waals surface area contributed by atoms with E-state index in [9.17, 15) is 13.2 Å². The van der Waals surface area contributed by atoms with Crippen LogP contribution in [0.1, 0.15) is 11.1 Å². The van der Waals surface area contributed by atoms with Gasteiger partial charge in [-0.15, -0.1) is 0 Å². The Balaban J connectivity index is 2.98. The van der Waals surface area contributed by atoms with Crippen LogP contribution < -0.4 is 5.32 Å². The largest absolute Gasteiger partial charge is 0.430 e. The second-order valence-corrected chi connectivity index (χ2v) is 3.24. The molecule has 0 saturated carbocycles. The standard InChI is InChI=1S/C11H9F3N2/c1-7-3-4-9(6-15)5-10(7)16-8(2)11(12,13)14/h3-5,16H,2H2,1H3. The molecule has 1 aromatic carbocycles. The molecule has 0 amide bonds. The Morgan fingerprint density at radius 2 is 2.06 bits per heavy atom. The van der Waals surface area contributed by atoms with Crippen LogP contribution in [0, 0.1) is 18.3 Å². The van der Waals surface area contributed by atoms with E-state index in [1.165, 1.54) is 12.1 Å². The van der Waals surface area contributed by atoms with Crippen molar-refractivity contribution in [3.05, 3.63) is 41.6 Å². The fraction of sp³-hybridized carbons (Fsp3) is 0.182. The first-order chi connectivity index (χ1) is 7.34. The highest BCUT2D eigenvalue weighted by Gasteiger charge is 2.32. The second kappa shape index (κ2) is 4.27. The summed E-state index contributed by atoms with van der Waals surface area (Å²) in [5.74, 6) is 0. The molecule has 0 unspecified atom stereocenters. The van der Waals surface area contributed by atoms with Crippen molar-refractivity contribution in [2.75, 3.05) is 5.32 Å². The molecule has 0 heterocycles. The molecule has 0 aromatic heterocycles. The predicted molar refractivity (Wildman–Crippen MR) is 54.7 cm³/mol. The summed E-state index contributed by atoms with van der Waals surface area (Å²) in [5.41, 5.74) is 0.0968. The number of halogens is 3. The molecule has 16 heavy (non-hydrogen) atoms. The van der Waals surface area contributed by atoms with Crippen molar-refractivity contribution in [1.82, 2.24) is 0 Å². The van der Waals surface area contributed by atoms with Gasteiger partial charge in [-0.2, -0.15) is 18.4 Å². The van der Waals surface area contributed by atoms with Crippen LogP contribution in [-0.4, -0.2) is 6.18 Å². The average molecular weight is 226 g/mol. The third-order valence-electron chi connectivity index (χ3n) is 1.99. The van der Waals surface area contributed by atoms with Gasteiger partial charge in [0.25, 0.3) is 0 Å². The summed E-state index contributed by atoms with van der Waals surface area (Å²) in [4.78, 5) is 0. The highest BCUT2D eigenvalue weighted by Crippen LogP contribution is 2.27. The van der Waals surface area contributed by atoms with Crippen LogP contribution in [-0.2, 0) is 0 Å². The monoisotopic (exact) mass is 226 g/mol. The van der Waals surface area contributed by atoms with Gasteiger partial charge < -0.3 is 5.32 Å². The summed E-state index contributed by atoms with van der Waals surface area (Å²) in [5, 5.41) is 10.8. The SMILES string of the molecule is C=C(Nc1cc(C#N)ccc1C)C(F)(F)F. The van der Waals surface area contributed by atoms with E-state index in [1.807, 2.05) is 6.07 Å². The molecule has 0 bridgehead atoms. The fourth-order valence-electron chi connectivity index (χ4n) is 1.06.